The molecule has 0 amide bonds. The molecule has 0 atom stereocenters. The quantitative estimate of drug-likeness (QED) is 0.662. The number of aromatic nitrogens is 3. The van der Waals surface area contributed by atoms with Gasteiger partial charge in [-0.25, -0.2) is 0 Å². The van der Waals surface area contributed by atoms with Gasteiger partial charge in [0.1, 0.15) is 5.69 Å². The minimum absolute atomic E-state index is 0.482. The van der Waals surface area contributed by atoms with Gasteiger partial charge in [-0.15, -0.1) is 10.2 Å². The van der Waals surface area contributed by atoms with E-state index in [1.807, 2.05) is 19.1 Å². The zero-order valence-electron chi connectivity index (χ0n) is 7.48. The lowest BCUT2D eigenvalue weighted by molar-refractivity contribution is 0.530. The Morgan fingerprint density at radius 2 is 2.08 bits per heavy atom. The summed E-state index contributed by atoms with van der Waals surface area (Å²) in [6.45, 7) is 3.72. The van der Waals surface area contributed by atoms with E-state index >= 15 is 0 Å². The number of pyridine rings is 1. The van der Waals surface area contributed by atoms with Crippen LogP contribution >= 0.6 is 0 Å². The van der Waals surface area contributed by atoms with Gasteiger partial charge in [0.05, 0.1) is 0 Å². The molecule has 2 aromatic rings. The fraction of sp³-hybridized carbons (Fsp3) is 0.222. The van der Waals surface area contributed by atoms with Crippen LogP contribution in [0.15, 0.2) is 22.7 Å². The summed E-state index contributed by atoms with van der Waals surface area (Å²) < 4.78 is 5.27. The standard InChI is InChI=1S/C9H9N3O/c1-6-4-3-5-10-8(6)9-12-11-7(2)13-9/h3-5H,1-2H3. The van der Waals surface area contributed by atoms with Crippen molar-refractivity contribution in [2.24, 2.45) is 0 Å². The maximum atomic E-state index is 5.27. The molecule has 2 rings (SSSR count). The Morgan fingerprint density at radius 1 is 1.23 bits per heavy atom. The number of aryl methyl sites for hydroxylation is 2. The lowest BCUT2D eigenvalue weighted by Crippen LogP contribution is -1.86. The predicted molar refractivity (Wildman–Crippen MR) is 47.0 cm³/mol. The van der Waals surface area contributed by atoms with Gasteiger partial charge in [0.15, 0.2) is 0 Å². The van der Waals surface area contributed by atoms with Crippen LogP contribution in [0.25, 0.3) is 11.6 Å². The number of hydrogen-bond acceptors (Lipinski definition) is 4. The van der Waals surface area contributed by atoms with E-state index in [4.69, 9.17) is 4.42 Å². The van der Waals surface area contributed by atoms with E-state index in [2.05, 4.69) is 15.2 Å². The van der Waals surface area contributed by atoms with Gasteiger partial charge in [-0.2, -0.15) is 0 Å². The van der Waals surface area contributed by atoms with Crippen molar-refractivity contribution in [2.45, 2.75) is 13.8 Å². The molecule has 4 nitrogen and oxygen atoms in total. The highest BCUT2D eigenvalue weighted by Gasteiger charge is 2.08. The molecule has 66 valence electrons. The number of nitrogens with zero attached hydrogens (tertiary/aromatic N) is 3. The van der Waals surface area contributed by atoms with Crippen molar-refractivity contribution >= 4 is 0 Å². The lowest BCUT2D eigenvalue weighted by atomic mass is 10.2. The average Bonchev–Trinajstić information content (AvgIpc) is 2.53. The first-order chi connectivity index (χ1) is 6.27. The second kappa shape index (κ2) is 2.97. The van der Waals surface area contributed by atoms with E-state index in [-0.39, 0.29) is 0 Å². The van der Waals surface area contributed by atoms with Crippen molar-refractivity contribution in [3.05, 3.63) is 29.8 Å². The van der Waals surface area contributed by atoms with Crippen LogP contribution in [-0.2, 0) is 0 Å². The maximum absolute atomic E-state index is 5.27. The minimum atomic E-state index is 0.482. The van der Waals surface area contributed by atoms with Crippen molar-refractivity contribution in [1.82, 2.24) is 15.2 Å². The van der Waals surface area contributed by atoms with E-state index in [9.17, 15) is 0 Å². The van der Waals surface area contributed by atoms with Crippen molar-refractivity contribution in [2.75, 3.05) is 0 Å². The van der Waals surface area contributed by atoms with Gasteiger partial charge in [-0.3, -0.25) is 4.98 Å². The van der Waals surface area contributed by atoms with Gasteiger partial charge in [0.25, 0.3) is 5.89 Å². The van der Waals surface area contributed by atoms with Crippen LogP contribution in [0, 0.1) is 13.8 Å². The molecular weight excluding hydrogens is 166 g/mol. The Kier molecular flexibility index (Phi) is 1.81. The highest BCUT2D eigenvalue weighted by atomic mass is 16.4. The van der Waals surface area contributed by atoms with Crippen LogP contribution in [0.2, 0.25) is 0 Å². The molecule has 0 aliphatic rings. The molecule has 4 heteroatoms. The van der Waals surface area contributed by atoms with Crippen LogP contribution in [0.5, 0.6) is 0 Å². The molecular formula is C9H9N3O. The fourth-order valence-corrected chi connectivity index (χ4v) is 1.10. The molecule has 0 N–H and O–H groups in total. The van der Waals surface area contributed by atoms with Crippen LogP contribution in [-0.4, -0.2) is 15.2 Å². The number of hydrogen-bond donors (Lipinski definition) is 0. The van der Waals surface area contributed by atoms with Crippen molar-refractivity contribution < 1.29 is 4.42 Å². The van der Waals surface area contributed by atoms with E-state index in [1.165, 1.54) is 0 Å². The monoisotopic (exact) mass is 175 g/mol. The third-order valence-electron chi connectivity index (χ3n) is 1.74. The second-order valence-electron chi connectivity index (χ2n) is 2.80. The van der Waals surface area contributed by atoms with Gasteiger partial charge in [0, 0.05) is 13.1 Å². The van der Waals surface area contributed by atoms with Gasteiger partial charge in [-0.1, -0.05) is 6.07 Å². The molecule has 0 aliphatic carbocycles. The average molecular weight is 175 g/mol. The topological polar surface area (TPSA) is 51.8 Å². The largest absolute Gasteiger partial charge is 0.420 e. The molecule has 0 radical (unpaired) electrons. The summed E-state index contributed by atoms with van der Waals surface area (Å²) in [6.07, 6.45) is 1.71. The summed E-state index contributed by atoms with van der Waals surface area (Å²) in [5, 5.41) is 7.65. The summed E-state index contributed by atoms with van der Waals surface area (Å²) in [5.41, 5.74) is 1.79. The van der Waals surface area contributed by atoms with E-state index in [1.54, 1.807) is 13.1 Å². The molecule has 2 aromatic heterocycles. The molecule has 0 aliphatic heterocycles. The molecule has 0 unspecified atom stereocenters. The van der Waals surface area contributed by atoms with Gasteiger partial charge >= 0.3 is 0 Å². The third kappa shape index (κ3) is 1.42. The second-order valence-corrected chi connectivity index (χ2v) is 2.80. The maximum Gasteiger partial charge on any atom is 0.266 e. The SMILES string of the molecule is Cc1nnc(-c2ncccc2C)o1. The fourth-order valence-electron chi connectivity index (χ4n) is 1.10. The molecule has 2 heterocycles. The Bertz CT molecular complexity index is 422. The van der Waals surface area contributed by atoms with Crippen molar-refractivity contribution in [1.29, 1.82) is 0 Å². The zero-order valence-corrected chi connectivity index (χ0v) is 7.48. The summed E-state index contributed by atoms with van der Waals surface area (Å²) in [6, 6.07) is 3.84. The summed E-state index contributed by atoms with van der Waals surface area (Å²) in [4.78, 5) is 4.17. The molecule has 0 spiro atoms. The highest BCUT2D eigenvalue weighted by molar-refractivity contribution is 5.51. The third-order valence-corrected chi connectivity index (χ3v) is 1.74. The van der Waals surface area contributed by atoms with Crippen LogP contribution in [0.3, 0.4) is 0 Å². The van der Waals surface area contributed by atoms with Crippen molar-refractivity contribution in [3.63, 3.8) is 0 Å². The van der Waals surface area contributed by atoms with Gasteiger partial charge in [-0.05, 0) is 18.6 Å². The Morgan fingerprint density at radius 3 is 2.69 bits per heavy atom. The first-order valence-corrected chi connectivity index (χ1v) is 3.99. The smallest absolute Gasteiger partial charge is 0.266 e. The molecule has 13 heavy (non-hydrogen) atoms. The van der Waals surface area contributed by atoms with Crippen LogP contribution < -0.4 is 0 Å². The molecule has 0 bridgehead atoms. The molecule has 0 aromatic carbocycles. The lowest BCUT2D eigenvalue weighted by Gasteiger charge is -1.96. The summed E-state index contributed by atoms with van der Waals surface area (Å²) in [5.74, 6) is 1.04. The van der Waals surface area contributed by atoms with E-state index in [0.29, 0.717) is 11.8 Å². The molecule has 0 saturated heterocycles. The summed E-state index contributed by atoms with van der Waals surface area (Å²) >= 11 is 0. The minimum Gasteiger partial charge on any atom is -0.420 e. The normalized spacial score (nSPS) is 10.3. The van der Waals surface area contributed by atoms with Crippen molar-refractivity contribution in [3.8, 4) is 11.6 Å². The Balaban J connectivity index is 2.52. The van der Waals surface area contributed by atoms with Crippen LogP contribution in [0.1, 0.15) is 11.5 Å². The summed E-state index contributed by atoms with van der Waals surface area (Å²) in [7, 11) is 0. The molecule has 0 fully saturated rings. The van der Waals surface area contributed by atoms with E-state index < -0.39 is 0 Å². The Labute approximate surface area is 75.6 Å². The van der Waals surface area contributed by atoms with Crippen LogP contribution in [0.4, 0.5) is 0 Å². The predicted octanol–water partition coefficient (Wildman–Crippen LogP) is 1.75. The highest BCUT2D eigenvalue weighted by Crippen LogP contribution is 2.17. The van der Waals surface area contributed by atoms with Gasteiger partial charge < -0.3 is 4.42 Å². The first-order valence-electron chi connectivity index (χ1n) is 3.99. The Hall–Kier alpha value is -1.71. The molecule has 0 saturated carbocycles. The van der Waals surface area contributed by atoms with Gasteiger partial charge in [0.2, 0.25) is 5.89 Å². The number of rotatable bonds is 1. The first kappa shape index (κ1) is 7.91. The van der Waals surface area contributed by atoms with E-state index in [0.717, 1.165) is 11.3 Å². The zero-order chi connectivity index (χ0) is 9.26.